The molecule has 8 heteroatoms. The minimum absolute atomic E-state index is 0.0183. The molecule has 0 saturated carbocycles. The maximum Gasteiger partial charge on any atom is 0.411 e. The van der Waals surface area contributed by atoms with Crippen LogP contribution in [-0.4, -0.2) is 31.8 Å². The van der Waals surface area contributed by atoms with Crippen molar-refractivity contribution in [1.82, 2.24) is 5.32 Å². The largest absolute Gasteiger partial charge is 0.411 e. The van der Waals surface area contributed by atoms with Gasteiger partial charge in [-0.25, -0.2) is 0 Å². The molecule has 0 saturated heterocycles. The van der Waals surface area contributed by atoms with Gasteiger partial charge in [0.25, 0.3) is 5.91 Å². The van der Waals surface area contributed by atoms with Crippen molar-refractivity contribution in [3.05, 3.63) is 21.3 Å². The molecule has 0 aliphatic heterocycles. The van der Waals surface area contributed by atoms with Gasteiger partial charge in [-0.15, -0.1) is 11.3 Å². The summed E-state index contributed by atoms with van der Waals surface area (Å²) in [5.74, 6) is -0.377. The molecule has 0 unspecified atom stereocenters. The highest BCUT2D eigenvalue weighted by Crippen LogP contribution is 2.21. The molecule has 1 amide bonds. The van der Waals surface area contributed by atoms with E-state index < -0.39 is 12.8 Å². The third-order valence-electron chi connectivity index (χ3n) is 1.59. The number of carbonyl (C=O) groups is 1. The molecule has 1 aromatic rings. The van der Waals surface area contributed by atoms with E-state index in [4.69, 9.17) is 11.6 Å². The molecule has 17 heavy (non-hydrogen) atoms. The van der Waals surface area contributed by atoms with Crippen LogP contribution in [0.4, 0.5) is 13.2 Å². The van der Waals surface area contributed by atoms with Crippen LogP contribution in [0.3, 0.4) is 0 Å². The number of alkyl halides is 3. The fourth-order valence-electron chi connectivity index (χ4n) is 0.948. The number of hydrogen-bond donors (Lipinski definition) is 1. The van der Waals surface area contributed by atoms with E-state index in [1.165, 1.54) is 0 Å². The zero-order chi connectivity index (χ0) is 12.9. The number of hydrogen-bond acceptors (Lipinski definition) is 3. The van der Waals surface area contributed by atoms with Crippen molar-refractivity contribution >= 4 is 28.8 Å². The monoisotopic (exact) mass is 287 g/mol. The van der Waals surface area contributed by atoms with Crippen LogP contribution in [0.25, 0.3) is 0 Å². The van der Waals surface area contributed by atoms with E-state index in [1.54, 1.807) is 12.1 Å². The minimum Gasteiger partial charge on any atom is -0.370 e. The van der Waals surface area contributed by atoms with Crippen molar-refractivity contribution in [2.75, 3.05) is 19.8 Å². The van der Waals surface area contributed by atoms with Gasteiger partial charge in [-0.2, -0.15) is 13.2 Å². The number of carbonyl (C=O) groups excluding carboxylic acids is 1. The van der Waals surface area contributed by atoms with Gasteiger partial charge < -0.3 is 10.1 Å². The van der Waals surface area contributed by atoms with Crippen molar-refractivity contribution in [3.63, 3.8) is 0 Å². The first-order valence-electron chi connectivity index (χ1n) is 4.56. The van der Waals surface area contributed by atoms with E-state index in [0.717, 1.165) is 11.3 Å². The lowest BCUT2D eigenvalue weighted by Gasteiger charge is -2.07. The third kappa shape index (κ3) is 5.90. The maximum absolute atomic E-state index is 11.7. The molecular formula is C9H9ClF3NO2S. The second kappa shape index (κ2) is 6.23. The third-order valence-corrected chi connectivity index (χ3v) is 2.82. The molecule has 0 aliphatic carbocycles. The topological polar surface area (TPSA) is 38.3 Å². The average molecular weight is 288 g/mol. The SMILES string of the molecule is O=C(NCCOCC(F)(F)F)c1ccc(Cl)s1. The second-order valence-electron chi connectivity index (χ2n) is 3.03. The molecule has 0 bridgehead atoms. The summed E-state index contributed by atoms with van der Waals surface area (Å²) in [6.45, 7) is -1.48. The standard InChI is InChI=1S/C9H9ClF3NO2S/c10-7-2-1-6(17-7)8(15)14-3-4-16-5-9(11,12)13/h1-2H,3-5H2,(H,14,15). The summed E-state index contributed by atoms with van der Waals surface area (Å²) in [5, 5.41) is 2.42. The predicted octanol–water partition coefficient (Wildman–Crippen LogP) is 2.71. The van der Waals surface area contributed by atoms with E-state index in [0.29, 0.717) is 9.21 Å². The normalized spacial score (nSPS) is 11.5. The van der Waals surface area contributed by atoms with Crippen molar-refractivity contribution in [2.45, 2.75) is 6.18 Å². The Morgan fingerprint density at radius 2 is 2.18 bits per heavy atom. The molecule has 1 aromatic heterocycles. The van der Waals surface area contributed by atoms with Gasteiger partial charge in [0.05, 0.1) is 15.8 Å². The number of thiophene rings is 1. The van der Waals surface area contributed by atoms with Crippen molar-refractivity contribution < 1.29 is 22.7 Å². The number of nitrogens with one attached hydrogen (secondary N) is 1. The molecule has 0 aliphatic rings. The average Bonchev–Trinajstić information content (AvgIpc) is 2.62. The number of rotatable bonds is 5. The Kier molecular flexibility index (Phi) is 5.23. The predicted molar refractivity (Wildman–Crippen MR) is 58.5 cm³/mol. The van der Waals surface area contributed by atoms with Gasteiger partial charge in [0, 0.05) is 6.54 Å². The van der Waals surface area contributed by atoms with Crippen LogP contribution in [0.1, 0.15) is 9.67 Å². The van der Waals surface area contributed by atoms with Crippen LogP contribution in [0, 0.1) is 0 Å². The molecule has 1 rings (SSSR count). The molecule has 1 heterocycles. The summed E-state index contributed by atoms with van der Waals surface area (Å²) in [6, 6.07) is 3.11. The summed E-state index contributed by atoms with van der Waals surface area (Å²) < 4.78 is 39.9. The van der Waals surface area contributed by atoms with Gasteiger partial charge in [-0.1, -0.05) is 11.6 Å². The first kappa shape index (κ1) is 14.3. The smallest absolute Gasteiger partial charge is 0.370 e. The van der Waals surface area contributed by atoms with Gasteiger partial charge in [0.1, 0.15) is 6.61 Å². The van der Waals surface area contributed by atoms with Gasteiger partial charge in [0.2, 0.25) is 0 Å². The molecule has 96 valence electrons. The van der Waals surface area contributed by atoms with Crippen molar-refractivity contribution in [1.29, 1.82) is 0 Å². The minimum atomic E-state index is -4.34. The Bertz CT molecular complexity index is 381. The van der Waals surface area contributed by atoms with Crippen LogP contribution in [0.5, 0.6) is 0 Å². The van der Waals surface area contributed by atoms with E-state index in [9.17, 15) is 18.0 Å². The molecule has 0 atom stereocenters. The van der Waals surface area contributed by atoms with Gasteiger partial charge in [-0.3, -0.25) is 4.79 Å². The summed E-state index contributed by atoms with van der Waals surface area (Å²) in [7, 11) is 0. The fraction of sp³-hybridized carbons (Fsp3) is 0.444. The first-order chi connectivity index (χ1) is 7.88. The molecule has 0 spiro atoms. The molecule has 3 nitrogen and oxygen atoms in total. The highest BCUT2D eigenvalue weighted by Gasteiger charge is 2.27. The van der Waals surface area contributed by atoms with E-state index in [1.807, 2.05) is 0 Å². The van der Waals surface area contributed by atoms with Crippen LogP contribution in [-0.2, 0) is 4.74 Å². The zero-order valence-electron chi connectivity index (χ0n) is 8.51. The lowest BCUT2D eigenvalue weighted by atomic mass is 10.4. The Morgan fingerprint density at radius 1 is 1.47 bits per heavy atom. The summed E-state index contributed by atoms with van der Waals surface area (Å²) in [6.07, 6.45) is -4.34. The quantitative estimate of drug-likeness (QED) is 0.846. The highest BCUT2D eigenvalue weighted by molar-refractivity contribution is 7.17. The van der Waals surface area contributed by atoms with E-state index >= 15 is 0 Å². The van der Waals surface area contributed by atoms with Gasteiger partial charge in [-0.05, 0) is 12.1 Å². The molecule has 0 aromatic carbocycles. The Labute approximate surface area is 105 Å². The summed E-state index contributed by atoms with van der Waals surface area (Å²) in [5.41, 5.74) is 0. The molecule has 0 fully saturated rings. The maximum atomic E-state index is 11.7. The second-order valence-corrected chi connectivity index (χ2v) is 4.74. The Morgan fingerprint density at radius 3 is 2.71 bits per heavy atom. The van der Waals surface area contributed by atoms with E-state index in [2.05, 4.69) is 10.1 Å². The van der Waals surface area contributed by atoms with Crippen LogP contribution in [0.15, 0.2) is 12.1 Å². The number of amides is 1. The summed E-state index contributed by atoms with van der Waals surface area (Å²) in [4.78, 5) is 11.8. The van der Waals surface area contributed by atoms with Crippen molar-refractivity contribution in [2.24, 2.45) is 0 Å². The Hall–Kier alpha value is -0.790. The highest BCUT2D eigenvalue weighted by atomic mass is 35.5. The lowest BCUT2D eigenvalue weighted by Crippen LogP contribution is -2.28. The Balaban J connectivity index is 2.17. The number of ether oxygens (including phenoxy) is 1. The molecular weight excluding hydrogens is 279 g/mol. The zero-order valence-corrected chi connectivity index (χ0v) is 10.1. The molecule has 1 N–H and O–H groups in total. The lowest BCUT2D eigenvalue weighted by molar-refractivity contribution is -0.173. The number of halogens is 4. The first-order valence-corrected chi connectivity index (χ1v) is 5.76. The van der Waals surface area contributed by atoms with E-state index in [-0.39, 0.29) is 19.1 Å². The van der Waals surface area contributed by atoms with Gasteiger partial charge >= 0.3 is 6.18 Å². The van der Waals surface area contributed by atoms with Gasteiger partial charge in [0.15, 0.2) is 0 Å². The summed E-state index contributed by atoms with van der Waals surface area (Å²) >= 11 is 6.72. The van der Waals surface area contributed by atoms with Crippen LogP contribution in [0.2, 0.25) is 4.34 Å². The van der Waals surface area contributed by atoms with Crippen LogP contribution >= 0.6 is 22.9 Å². The van der Waals surface area contributed by atoms with Crippen molar-refractivity contribution in [3.8, 4) is 0 Å². The fourth-order valence-corrected chi connectivity index (χ4v) is 1.91. The van der Waals surface area contributed by atoms with Crippen LogP contribution < -0.4 is 5.32 Å². The molecule has 0 radical (unpaired) electrons.